The summed E-state index contributed by atoms with van der Waals surface area (Å²) in [6, 6.07) is 0. The number of hydrogen-bond donors (Lipinski definition) is 4. The van der Waals surface area contributed by atoms with E-state index in [0.29, 0.717) is 18.0 Å². The molecule has 0 radical (unpaired) electrons. The van der Waals surface area contributed by atoms with E-state index in [1.54, 1.807) is 0 Å². The number of aromatic nitrogens is 2. The number of aliphatic hydroxyl groups excluding tert-OH is 1. The van der Waals surface area contributed by atoms with E-state index in [1.807, 2.05) is 13.8 Å². The third kappa shape index (κ3) is 2.64. The number of rotatable bonds is 5. The lowest BCUT2D eigenvalue weighted by Crippen LogP contribution is -2.44. The number of nitrogens with zero attached hydrogens (tertiary/aromatic N) is 1. The quantitative estimate of drug-likeness (QED) is 0.621. The number of nitrogens with two attached hydrogens (primary N) is 1. The van der Waals surface area contributed by atoms with Crippen LogP contribution in [0.25, 0.3) is 0 Å². The summed E-state index contributed by atoms with van der Waals surface area (Å²) in [5, 5.41) is 18.6. The maximum Gasteiger partial charge on any atom is 0.274 e. The van der Waals surface area contributed by atoms with Gasteiger partial charge >= 0.3 is 0 Å². The number of H-pyrrole nitrogens is 1. The van der Waals surface area contributed by atoms with Gasteiger partial charge in [0.15, 0.2) is 5.69 Å². The van der Waals surface area contributed by atoms with Gasteiger partial charge in [0.05, 0.1) is 11.4 Å². The third-order valence-electron chi connectivity index (χ3n) is 3.22. The van der Waals surface area contributed by atoms with Gasteiger partial charge in [-0.15, -0.1) is 0 Å². The second-order valence-corrected chi connectivity index (χ2v) is 5.49. The standard InChI is InChI=1S/C12H20N4O2/c1-12(2,5-6-17)14-11(18)10-8(13)9(15-16-10)7-3-4-7/h7,17H,3-6,13H2,1-2H3,(H,14,18)(H,15,16). The first-order valence-corrected chi connectivity index (χ1v) is 6.21. The maximum absolute atomic E-state index is 12.1. The molecule has 1 saturated carbocycles. The van der Waals surface area contributed by atoms with Crippen molar-refractivity contribution in [1.82, 2.24) is 15.5 Å². The van der Waals surface area contributed by atoms with Gasteiger partial charge in [-0.25, -0.2) is 0 Å². The molecule has 1 aromatic heterocycles. The molecule has 0 aliphatic heterocycles. The van der Waals surface area contributed by atoms with Crippen LogP contribution in [-0.4, -0.2) is 33.4 Å². The Labute approximate surface area is 106 Å². The zero-order chi connectivity index (χ0) is 13.3. The molecule has 0 saturated heterocycles. The Bertz CT molecular complexity index is 449. The maximum atomic E-state index is 12.1. The van der Waals surface area contributed by atoms with Crippen molar-refractivity contribution >= 4 is 11.6 Å². The molecule has 5 N–H and O–H groups in total. The number of carbonyl (C=O) groups excluding carboxylic acids is 1. The van der Waals surface area contributed by atoms with Crippen LogP contribution in [0.2, 0.25) is 0 Å². The lowest BCUT2D eigenvalue weighted by molar-refractivity contribution is 0.0895. The number of aliphatic hydroxyl groups is 1. The van der Waals surface area contributed by atoms with Crippen molar-refractivity contribution in [1.29, 1.82) is 0 Å². The Morgan fingerprint density at radius 1 is 1.61 bits per heavy atom. The topological polar surface area (TPSA) is 104 Å². The van der Waals surface area contributed by atoms with E-state index in [9.17, 15) is 4.79 Å². The van der Waals surface area contributed by atoms with Crippen molar-refractivity contribution in [2.75, 3.05) is 12.3 Å². The predicted octanol–water partition coefficient (Wildman–Crippen LogP) is 0.760. The van der Waals surface area contributed by atoms with Gasteiger partial charge in [-0.1, -0.05) is 0 Å². The Morgan fingerprint density at radius 2 is 2.28 bits per heavy atom. The van der Waals surface area contributed by atoms with Gasteiger partial charge in [0.2, 0.25) is 0 Å². The van der Waals surface area contributed by atoms with Crippen LogP contribution < -0.4 is 11.1 Å². The molecule has 0 aromatic carbocycles. The van der Waals surface area contributed by atoms with Crippen LogP contribution in [0.5, 0.6) is 0 Å². The van der Waals surface area contributed by atoms with Gasteiger partial charge in [0.25, 0.3) is 5.91 Å². The molecule has 1 fully saturated rings. The normalized spacial score (nSPS) is 15.7. The van der Waals surface area contributed by atoms with Crippen LogP contribution in [0.4, 0.5) is 5.69 Å². The van der Waals surface area contributed by atoms with Crippen LogP contribution in [0.15, 0.2) is 0 Å². The van der Waals surface area contributed by atoms with Gasteiger partial charge < -0.3 is 16.2 Å². The molecule has 2 rings (SSSR count). The Kier molecular flexibility index (Phi) is 3.30. The van der Waals surface area contributed by atoms with E-state index >= 15 is 0 Å². The number of anilines is 1. The van der Waals surface area contributed by atoms with Crippen LogP contribution in [0.3, 0.4) is 0 Å². The molecule has 0 spiro atoms. The molecule has 1 amide bonds. The number of nitrogens with one attached hydrogen (secondary N) is 2. The van der Waals surface area contributed by atoms with Gasteiger partial charge in [0, 0.05) is 18.1 Å². The fourth-order valence-corrected chi connectivity index (χ4v) is 1.93. The molecule has 0 atom stereocenters. The van der Waals surface area contributed by atoms with Gasteiger partial charge in [-0.2, -0.15) is 5.10 Å². The molecule has 18 heavy (non-hydrogen) atoms. The highest BCUT2D eigenvalue weighted by atomic mass is 16.3. The molecule has 6 nitrogen and oxygen atoms in total. The predicted molar refractivity (Wildman–Crippen MR) is 68.2 cm³/mol. The van der Waals surface area contributed by atoms with Crippen molar-refractivity contribution < 1.29 is 9.90 Å². The summed E-state index contributed by atoms with van der Waals surface area (Å²) in [6.45, 7) is 3.73. The average Bonchev–Trinajstić information content (AvgIpc) is 3.01. The van der Waals surface area contributed by atoms with Crippen molar-refractivity contribution in [3.8, 4) is 0 Å². The summed E-state index contributed by atoms with van der Waals surface area (Å²) in [5.74, 6) is 0.138. The summed E-state index contributed by atoms with van der Waals surface area (Å²) < 4.78 is 0. The van der Waals surface area contributed by atoms with E-state index in [2.05, 4.69) is 15.5 Å². The first kappa shape index (κ1) is 12.9. The molecular weight excluding hydrogens is 232 g/mol. The van der Waals surface area contributed by atoms with Crippen molar-refractivity contribution in [2.24, 2.45) is 0 Å². The Balaban J connectivity index is 2.09. The monoisotopic (exact) mass is 252 g/mol. The minimum Gasteiger partial charge on any atom is -0.396 e. The van der Waals surface area contributed by atoms with Crippen molar-refractivity contribution in [3.05, 3.63) is 11.4 Å². The molecule has 6 heteroatoms. The fourth-order valence-electron chi connectivity index (χ4n) is 1.93. The van der Waals surface area contributed by atoms with Gasteiger partial charge in [-0.05, 0) is 33.1 Å². The van der Waals surface area contributed by atoms with Gasteiger partial charge in [0.1, 0.15) is 0 Å². The van der Waals surface area contributed by atoms with E-state index in [0.717, 1.165) is 18.5 Å². The molecule has 1 aromatic rings. The molecule has 0 unspecified atom stereocenters. The zero-order valence-electron chi connectivity index (χ0n) is 10.8. The first-order chi connectivity index (χ1) is 8.44. The van der Waals surface area contributed by atoms with Crippen LogP contribution in [0.1, 0.15) is 55.2 Å². The van der Waals surface area contributed by atoms with E-state index in [1.165, 1.54) is 0 Å². The largest absolute Gasteiger partial charge is 0.396 e. The van der Waals surface area contributed by atoms with Crippen LogP contribution >= 0.6 is 0 Å². The lowest BCUT2D eigenvalue weighted by Gasteiger charge is -2.24. The second kappa shape index (κ2) is 4.61. The van der Waals surface area contributed by atoms with E-state index in [-0.39, 0.29) is 18.2 Å². The minimum atomic E-state index is -0.475. The summed E-state index contributed by atoms with van der Waals surface area (Å²) in [5.41, 5.74) is 7.04. The number of hydrogen-bond acceptors (Lipinski definition) is 4. The SMILES string of the molecule is CC(C)(CCO)NC(=O)c1n[nH]c(C2CC2)c1N. The minimum absolute atomic E-state index is 0.0245. The second-order valence-electron chi connectivity index (χ2n) is 5.49. The summed E-state index contributed by atoms with van der Waals surface area (Å²) >= 11 is 0. The highest BCUT2D eigenvalue weighted by Gasteiger charge is 2.31. The van der Waals surface area contributed by atoms with Crippen molar-refractivity contribution in [3.63, 3.8) is 0 Å². The number of nitrogen functional groups attached to an aromatic ring is 1. The first-order valence-electron chi connectivity index (χ1n) is 6.21. The zero-order valence-corrected chi connectivity index (χ0v) is 10.8. The fraction of sp³-hybridized carbons (Fsp3) is 0.667. The van der Waals surface area contributed by atoms with E-state index in [4.69, 9.17) is 10.8 Å². The molecular formula is C12H20N4O2. The summed E-state index contributed by atoms with van der Waals surface area (Å²) in [6.07, 6.45) is 2.69. The molecule has 1 heterocycles. The molecule has 100 valence electrons. The Morgan fingerprint density at radius 3 is 2.83 bits per heavy atom. The van der Waals surface area contributed by atoms with Gasteiger partial charge in [-0.3, -0.25) is 9.89 Å². The van der Waals surface area contributed by atoms with Crippen LogP contribution in [-0.2, 0) is 0 Å². The summed E-state index contributed by atoms with van der Waals surface area (Å²) in [7, 11) is 0. The van der Waals surface area contributed by atoms with Crippen LogP contribution in [0, 0.1) is 0 Å². The van der Waals surface area contributed by atoms with Crippen molar-refractivity contribution in [2.45, 2.75) is 44.6 Å². The van der Waals surface area contributed by atoms with E-state index < -0.39 is 5.54 Å². The lowest BCUT2D eigenvalue weighted by atomic mass is 10.0. The number of aromatic amines is 1. The average molecular weight is 252 g/mol. The highest BCUT2D eigenvalue weighted by Crippen LogP contribution is 2.42. The number of carbonyl (C=O) groups is 1. The summed E-state index contributed by atoms with van der Waals surface area (Å²) in [4.78, 5) is 12.1. The smallest absolute Gasteiger partial charge is 0.274 e. The number of amides is 1. The highest BCUT2D eigenvalue weighted by molar-refractivity contribution is 5.98. The third-order valence-corrected chi connectivity index (χ3v) is 3.22. The molecule has 1 aliphatic carbocycles. The Hall–Kier alpha value is -1.56. The molecule has 0 bridgehead atoms. The molecule has 1 aliphatic rings.